The van der Waals surface area contributed by atoms with Gasteiger partial charge in [0.25, 0.3) is 10.0 Å². The molecule has 0 bridgehead atoms. The lowest BCUT2D eigenvalue weighted by Gasteiger charge is -1.95. The largest absolute Gasteiger partial charge is 0.255 e. The van der Waals surface area contributed by atoms with Crippen molar-refractivity contribution in [1.29, 1.82) is 0 Å². The predicted molar refractivity (Wildman–Crippen MR) is 40.1 cm³/mol. The number of aromatic nitrogens is 1. The molecule has 2 N–H and O–H groups in total. The Morgan fingerprint density at radius 3 is 2.45 bits per heavy atom. The lowest BCUT2D eigenvalue weighted by atomic mass is 10.3. The van der Waals surface area contributed by atoms with Crippen LogP contribution in [0.5, 0.6) is 0 Å². The molecule has 0 aliphatic rings. The first kappa shape index (κ1) is 8.16. The predicted octanol–water partition coefficient (Wildman–Crippen LogP) is -0.0888. The first-order valence-electron chi connectivity index (χ1n) is 2.81. The van der Waals surface area contributed by atoms with Gasteiger partial charge in [0.2, 0.25) is 0 Å². The molecular weight excluding hydrogens is 164 g/mol. The zero-order valence-electron chi connectivity index (χ0n) is 5.69. The molecule has 1 aromatic rings. The molecular formula is C6H7N2O2S. The number of primary sulfonamides is 1. The van der Waals surface area contributed by atoms with Crippen LogP contribution in [0.2, 0.25) is 0 Å². The zero-order chi connectivity index (χ0) is 8.48. The number of hydrogen-bond acceptors (Lipinski definition) is 3. The van der Waals surface area contributed by atoms with Crippen LogP contribution in [0.4, 0.5) is 0 Å². The average molecular weight is 171 g/mol. The molecule has 0 aliphatic carbocycles. The summed E-state index contributed by atoms with van der Waals surface area (Å²) in [4.78, 5) is 3.57. The van der Waals surface area contributed by atoms with Gasteiger partial charge < -0.3 is 0 Å². The first-order valence-corrected chi connectivity index (χ1v) is 4.35. The Hall–Kier alpha value is -0.940. The summed E-state index contributed by atoms with van der Waals surface area (Å²) >= 11 is 0. The fraction of sp³-hybridized carbons (Fsp3) is 0. The maximum atomic E-state index is 10.6. The summed E-state index contributed by atoms with van der Waals surface area (Å²) in [6.45, 7) is 3.55. The minimum Gasteiger partial charge on any atom is -0.243 e. The van der Waals surface area contributed by atoms with Crippen LogP contribution >= 0.6 is 0 Å². The van der Waals surface area contributed by atoms with E-state index in [1.165, 1.54) is 18.3 Å². The van der Waals surface area contributed by atoms with Crippen molar-refractivity contribution >= 4 is 10.0 Å². The molecule has 59 valence electrons. The minimum atomic E-state index is -3.66. The van der Waals surface area contributed by atoms with Crippen LogP contribution in [0.1, 0.15) is 5.56 Å². The quantitative estimate of drug-likeness (QED) is 0.641. The van der Waals surface area contributed by atoms with Crippen LogP contribution < -0.4 is 5.14 Å². The highest BCUT2D eigenvalue weighted by molar-refractivity contribution is 7.89. The van der Waals surface area contributed by atoms with E-state index in [9.17, 15) is 8.42 Å². The van der Waals surface area contributed by atoms with Crippen molar-refractivity contribution in [2.45, 2.75) is 5.03 Å². The van der Waals surface area contributed by atoms with Crippen LogP contribution in [0.15, 0.2) is 23.4 Å². The number of sulfonamides is 1. The number of hydrogen-bond donors (Lipinski definition) is 1. The van der Waals surface area contributed by atoms with Crippen LogP contribution in [0.3, 0.4) is 0 Å². The Kier molecular flexibility index (Phi) is 1.92. The summed E-state index contributed by atoms with van der Waals surface area (Å²) in [6.07, 6.45) is 1.35. The van der Waals surface area contributed by atoms with Gasteiger partial charge in [0.15, 0.2) is 5.03 Å². The highest BCUT2D eigenvalue weighted by Crippen LogP contribution is 2.02. The van der Waals surface area contributed by atoms with Crippen molar-refractivity contribution < 1.29 is 8.42 Å². The molecule has 1 aromatic heterocycles. The van der Waals surface area contributed by atoms with Crippen molar-refractivity contribution in [2.24, 2.45) is 5.14 Å². The number of pyridine rings is 1. The number of rotatable bonds is 1. The maximum Gasteiger partial charge on any atom is 0.255 e. The van der Waals surface area contributed by atoms with E-state index in [-0.39, 0.29) is 5.03 Å². The van der Waals surface area contributed by atoms with Gasteiger partial charge in [0.1, 0.15) is 0 Å². The SMILES string of the molecule is [CH2]c1ccc(S(N)(=O)=O)nc1. The van der Waals surface area contributed by atoms with E-state index < -0.39 is 10.0 Å². The van der Waals surface area contributed by atoms with Gasteiger partial charge in [-0.25, -0.2) is 18.5 Å². The van der Waals surface area contributed by atoms with E-state index in [0.717, 1.165) is 0 Å². The fourth-order valence-corrected chi connectivity index (χ4v) is 1.04. The number of nitrogens with two attached hydrogens (primary N) is 1. The van der Waals surface area contributed by atoms with Crippen LogP contribution in [-0.4, -0.2) is 13.4 Å². The third-order valence-corrected chi connectivity index (χ3v) is 1.91. The molecule has 0 fully saturated rings. The molecule has 1 radical (unpaired) electrons. The summed E-state index contributed by atoms with van der Waals surface area (Å²) in [5.41, 5.74) is 0.650. The highest BCUT2D eigenvalue weighted by Gasteiger charge is 2.06. The smallest absolute Gasteiger partial charge is 0.243 e. The molecule has 0 spiro atoms. The third-order valence-electron chi connectivity index (χ3n) is 1.09. The first-order chi connectivity index (χ1) is 5.00. The van der Waals surface area contributed by atoms with Crippen molar-refractivity contribution in [3.63, 3.8) is 0 Å². The topological polar surface area (TPSA) is 73.1 Å². The highest BCUT2D eigenvalue weighted by atomic mass is 32.2. The van der Waals surface area contributed by atoms with Gasteiger partial charge in [0.05, 0.1) is 0 Å². The Bertz CT molecular complexity index is 341. The second-order valence-electron chi connectivity index (χ2n) is 2.05. The van der Waals surface area contributed by atoms with E-state index in [1.54, 1.807) is 0 Å². The van der Waals surface area contributed by atoms with E-state index in [0.29, 0.717) is 5.56 Å². The molecule has 0 atom stereocenters. The van der Waals surface area contributed by atoms with Crippen molar-refractivity contribution in [1.82, 2.24) is 4.98 Å². The van der Waals surface area contributed by atoms with E-state index >= 15 is 0 Å². The van der Waals surface area contributed by atoms with E-state index in [4.69, 9.17) is 5.14 Å². The second-order valence-corrected chi connectivity index (χ2v) is 3.56. The molecule has 11 heavy (non-hydrogen) atoms. The molecule has 0 amide bonds. The van der Waals surface area contributed by atoms with Crippen molar-refractivity contribution in [3.8, 4) is 0 Å². The molecule has 5 heteroatoms. The monoisotopic (exact) mass is 171 g/mol. The van der Waals surface area contributed by atoms with Crippen molar-refractivity contribution in [3.05, 3.63) is 30.8 Å². The van der Waals surface area contributed by atoms with Gasteiger partial charge in [0, 0.05) is 6.20 Å². The molecule has 0 unspecified atom stereocenters. The van der Waals surface area contributed by atoms with E-state index in [2.05, 4.69) is 11.9 Å². The molecule has 1 rings (SSSR count). The van der Waals surface area contributed by atoms with E-state index in [1.807, 2.05) is 0 Å². The fourth-order valence-electron chi connectivity index (χ4n) is 0.579. The van der Waals surface area contributed by atoms with Gasteiger partial charge >= 0.3 is 0 Å². The molecule has 0 saturated carbocycles. The van der Waals surface area contributed by atoms with Crippen LogP contribution in [0.25, 0.3) is 0 Å². The maximum absolute atomic E-state index is 10.6. The molecule has 0 aromatic carbocycles. The molecule has 4 nitrogen and oxygen atoms in total. The lowest BCUT2D eigenvalue weighted by Crippen LogP contribution is -2.13. The molecule has 0 saturated heterocycles. The van der Waals surface area contributed by atoms with Gasteiger partial charge in [-0.15, -0.1) is 0 Å². The minimum absolute atomic E-state index is 0.134. The van der Waals surface area contributed by atoms with Crippen molar-refractivity contribution in [2.75, 3.05) is 0 Å². The van der Waals surface area contributed by atoms with Crippen LogP contribution in [-0.2, 0) is 10.0 Å². The van der Waals surface area contributed by atoms with Crippen LogP contribution in [0, 0.1) is 6.92 Å². The standard InChI is InChI=1S/C6H7N2O2S/c1-5-2-3-6(8-4-5)11(7,9)10/h2-4H,1H2,(H2,7,9,10). The lowest BCUT2D eigenvalue weighted by molar-refractivity contribution is 0.594. The second kappa shape index (κ2) is 2.60. The van der Waals surface area contributed by atoms with Gasteiger partial charge in [-0.2, -0.15) is 0 Å². The number of nitrogens with zero attached hydrogens (tertiary/aromatic N) is 1. The third kappa shape index (κ3) is 1.99. The molecule has 1 heterocycles. The molecule has 0 aliphatic heterocycles. The Morgan fingerprint density at radius 1 is 1.45 bits per heavy atom. The summed E-state index contributed by atoms with van der Waals surface area (Å²) in [5.74, 6) is 0. The Morgan fingerprint density at radius 2 is 2.09 bits per heavy atom. The summed E-state index contributed by atoms with van der Waals surface area (Å²) in [5, 5.41) is 4.66. The summed E-state index contributed by atoms with van der Waals surface area (Å²) in [7, 11) is -3.66. The average Bonchev–Trinajstić information content (AvgIpc) is 1.86. The Labute approximate surface area is 65.1 Å². The van der Waals surface area contributed by atoms with Gasteiger partial charge in [-0.1, -0.05) is 6.07 Å². The normalized spacial score (nSPS) is 11.5. The summed E-state index contributed by atoms with van der Waals surface area (Å²) in [6, 6.07) is 2.85. The van der Waals surface area contributed by atoms with Gasteiger partial charge in [-0.05, 0) is 18.6 Å². The van der Waals surface area contributed by atoms with Gasteiger partial charge in [-0.3, -0.25) is 0 Å². The zero-order valence-corrected chi connectivity index (χ0v) is 6.50. The Balaban J connectivity index is 3.20. The summed E-state index contributed by atoms with van der Waals surface area (Å²) < 4.78 is 21.3.